The lowest BCUT2D eigenvalue weighted by molar-refractivity contribution is -0.118. The number of hydrogen-bond donors (Lipinski definition) is 2. The second-order valence-corrected chi connectivity index (χ2v) is 4.54. The van der Waals surface area contributed by atoms with Gasteiger partial charge in [-0.05, 0) is 30.7 Å². The molecule has 1 rings (SSSR count). The SMILES string of the molecule is CC(CC(N)=O)NCc1cc(F)ccc1Br. The van der Waals surface area contributed by atoms with Crippen molar-refractivity contribution < 1.29 is 9.18 Å². The number of nitrogens with two attached hydrogens (primary N) is 1. The Morgan fingerprint density at radius 2 is 2.31 bits per heavy atom. The van der Waals surface area contributed by atoms with E-state index in [4.69, 9.17) is 5.73 Å². The minimum atomic E-state index is -0.349. The van der Waals surface area contributed by atoms with Crippen molar-refractivity contribution in [3.8, 4) is 0 Å². The van der Waals surface area contributed by atoms with Crippen molar-refractivity contribution >= 4 is 21.8 Å². The summed E-state index contributed by atoms with van der Waals surface area (Å²) >= 11 is 3.33. The first-order valence-electron chi connectivity index (χ1n) is 4.94. The van der Waals surface area contributed by atoms with Gasteiger partial charge in [0.25, 0.3) is 0 Å². The molecule has 5 heteroatoms. The van der Waals surface area contributed by atoms with E-state index in [1.807, 2.05) is 6.92 Å². The molecule has 1 unspecified atom stereocenters. The number of carbonyl (C=O) groups excluding carboxylic acids is 1. The summed E-state index contributed by atoms with van der Waals surface area (Å²) in [7, 11) is 0. The fourth-order valence-corrected chi connectivity index (χ4v) is 1.72. The molecule has 0 aliphatic carbocycles. The Bertz CT molecular complexity index is 384. The Morgan fingerprint density at radius 3 is 2.94 bits per heavy atom. The molecule has 0 aliphatic rings. The highest BCUT2D eigenvalue weighted by Gasteiger charge is 2.07. The standard InChI is InChI=1S/C11H14BrFN2O/c1-7(4-11(14)16)15-6-8-5-9(13)2-3-10(8)12/h2-3,5,7,15H,4,6H2,1H3,(H2,14,16). The molecule has 88 valence electrons. The molecule has 3 nitrogen and oxygen atoms in total. The predicted octanol–water partition coefficient (Wildman–Crippen LogP) is 1.94. The molecule has 0 aliphatic heterocycles. The molecule has 0 aromatic heterocycles. The third-order valence-corrected chi connectivity index (χ3v) is 2.93. The molecule has 0 heterocycles. The number of primary amides is 1. The number of hydrogen-bond acceptors (Lipinski definition) is 2. The lowest BCUT2D eigenvalue weighted by Gasteiger charge is -2.12. The van der Waals surface area contributed by atoms with Gasteiger partial charge in [-0.15, -0.1) is 0 Å². The van der Waals surface area contributed by atoms with Crippen LogP contribution in [0.2, 0.25) is 0 Å². The largest absolute Gasteiger partial charge is 0.370 e. The van der Waals surface area contributed by atoms with Crippen molar-refractivity contribution in [2.75, 3.05) is 0 Å². The van der Waals surface area contributed by atoms with Gasteiger partial charge < -0.3 is 11.1 Å². The van der Waals surface area contributed by atoms with E-state index in [9.17, 15) is 9.18 Å². The summed E-state index contributed by atoms with van der Waals surface area (Å²) in [6.07, 6.45) is 0.271. The van der Waals surface area contributed by atoms with Gasteiger partial charge in [-0.2, -0.15) is 0 Å². The number of amides is 1. The molecule has 1 aromatic rings. The number of benzene rings is 1. The molecule has 0 saturated carbocycles. The third kappa shape index (κ3) is 4.28. The monoisotopic (exact) mass is 288 g/mol. The minimum absolute atomic E-state index is 0.0207. The van der Waals surface area contributed by atoms with Crippen LogP contribution in [-0.4, -0.2) is 11.9 Å². The van der Waals surface area contributed by atoms with Gasteiger partial charge in [-0.25, -0.2) is 4.39 Å². The second kappa shape index (κ2) is 5.96. The number of halogens is 2. The topological polar surface area (TPSA) is 55.1 Å². The quantitative estimate of drug-likeness (QED) is 0.870. The van der Waals surface area contributed by atoms with E-state index in [1.54, 1.807) is 6.07 Å². The van der Waals surface area contributed by atoms with E-state index in [2.05, 4.69) is 21.2 Å². The fourth-order valence-electron chi connectivity index (χ4n) is 1.34. The summed E-state index contributed by atoms with van der Waals surface area (Å²) in [5, 5.41) is 3.10. The maximum atomic E-state index is 13.0. The van der Waals surface area contributed by atoms with E-state index in [1.165, 1.54) is 12.1 Å². The van der Waals surface area contributed by atoms with Crippen molar-refractivity contribution in [3.05, 3.63) is 34.1 Å². The molecule has 1 aromatic carbocycles. The van der Waals surface area contributed by atoms with Crippen molar-refractivity contribution in [2.24, 2.45) is 5.73 Å². The molecule has 0 fully saturated rings. The Kier molecular flexibility index (Phi) is 4.89. The van der Waals surface area contributed by atoms with Crippen LogP contribution in [0.15, 0.2) is 22.7 Å². The van der Waals surface area contributed by atoms with E-state index >= 15 is 0 Å². The van der Waals surface area contributed by atoms with Crippen LogP contribution < -0.4 is 11.1 Å². The highest BCUT2D eigenvalue weighted by molar-refractivity contribution is 9.10. The molecular weight excluding hydrogens is 275 g/mol. The number of nitrogens with one attached hydrogen (secondary N) is 1. The van der Waals surface area contributed by atoms with E-state index in [-0.39, 0.29) is 24.2 Å². The zero-order chi connectivity index (χ0) is 12.1. The average Bonchev–Trinajstić information content (AvgIpc) is 2.18. The zero-order valence-electron chi connectivity index (χ0n) is 8.97. The lowest BCUT2D eigenvalue weighted by Crippen LogP contribution is -2.30. The van der Waals surface area contributed by atoms with Crippen LogP contribution in [0.5, 0.6) is 0 Å². The summed E-state index contributed by atoms with van der Waals surface area (Å²) in [5.74, 6) is -0.624. The summed E-state index contributed by atoms with van der Waals surface area (Å²) < 4.78 is 13.8. The van der Waals surface area contributed by atoms with Gasteiger partial charge in [-0.3, -0.25) is 4.79 Å². The van der Waals surface area contributed by atoms with Crippen molar-refractivity contribution in [2.45, 2.75) is 25.9 Å². The molecule has 0 radical (unpaired) electrons. The lowest BCUT2D eigenvalue weighted by atomic mass is 10.2. The summed E-state index contributed by atoms with van der Waals surface area (Å²) in [5.41, 5.74) is 5.88. The van der Waals surface area contributed by atoms with Crippen molar-refractivity contribution in [1.82, 2.24) is 5.32 Å². The van der Waals surface area contributed by atoms with Gasteiger partial charge in [0.05, 0.1) is 0 Å². The Morgan fingerprint density at radius 1 is 1.62 bits per heavy atom. The maximum Gasteiger partial charge on any atom is 0.218 e. The van der Waals surface area contributed by atoms with Crippen LogP contribution in [0.1, 0.15) is 18.9 Å². The maximum absolute atomic E-state index is 13.0. The van der Waals surface area contributed by atoms with Crippen LogP contribution in [0.25, 0.3) is 0 Å². The molecule has 1 atom stereocenters. The van der Waals surface area contributed by atoms with Gasteiger partial charge in [0.15, 0.2) is 0 Å². The first kappa shape index (κ1) is 13.1. The molecule has 1 amide bonds. The van der Waals surface area contributed by atoms with Gasteiger partial charge >= 0.3 is 0 Å². The van der Waals surface area contributed by atoms with Crippen molar-refractivity contribution in [1.29, 1.82) is 0 Å². The van der Waals surface area contributed by atoms with Crippen LogP contribution in [0.4, 0.5) is 4.39 Å². The smallest absolute Gasteiger partial charge is 0.218 e. The van der Waals surface area contributed by atoms with Gasteiger partial charge in [-0.1, -0.05) is 15.9 Å². The molecular formula is C11H14BrFN2O. The molecule has 3 N–H and O–H groups in total. The first-order chi connectivity index (χ1) is 7.49. The molecule has 16 heavy (non-hydrogen) atoms. The van der Waals surface area contributed by atoms with Crippen molar-refractivity contribution in [3.63, 3.8) is 0 Å². The second-order valence-electron chi connectivity index (χ2n) is 3.69. The summed E-state index contributed by atoms with van der Waals surface area (Å²) in [6, 6.07) is 4.48. The molecule has 0 saturated heterocycles. The Balaban J connectivity index is 2.54. The summed E-state index contributed by atoms with van der Waals surface area (Å²) in [4.78, 5) is 10.7. The highest BCUT2D eigenvalue weighted by Crippen LogP contribution is 2.17. The molecule has 0 spiro atoms. The Labute approximate surface area is 102 Å². The Hall–Kier alpha value is -0.940. The van der Waals surface area contributed by atoms with Crippen LogP contribution in [0, 0.1) is 5.82 Å². The zero-order valence-corrected chi connectivity index (χ0v) is 10.6. The van der Waals surface area contributed by atoms with Gasteiger partial charge in [0.1, 0.15) is 5.82 Å². The normalized spacial score (nSPS) is 12.4. The van der Waals surface area contributed by atoms with Gasteiger partial charge in [0.2, 0.25) is 5.91 Å². The third-order valence-electron chi connectivity index (χ3n) is 2.16. The van der Waals surface area contributed by atoms with Gasteiger partial charge in [0, 0.05) is 23.5 Å². The van der Waals surface area contributed by atoms with E-state index < -0.39 is 0 Å². The summed E-state index contributed by atoms with van der Waals surface area (Å²) in [6.45, 7) is 2.35. The van der Waals surface area contributed by atoms with E-state index in [0.29, 0.717) is 6.54 Å². The first-order valence-corrected chi connectivity index (χ1v) is 5.74. The van der Waals surface area contributed by atoms with Crippen LogP contribution in [0.3, 0.4) is 0 Å². The average molecular weight is 289 g/mol. The van der Waals surface area contributed by atoms with Crippen LogP contribution >= 0.6 is 15.9 Å². The number of rotatable bonds is 5. The number of carbonyl (C=O) groups is 1. The van der Waals surface area contributed by atoms with E-state index in [0.717, 1.165) is 10.0 Å². The highest BCUT2D eigenvalue weighted by atomic mass is 79.9. The minimum Gasteiger partial charge on any atom is -0.370 e. The predicted molar refractivity (Wildman–Crippen MR) is 64.2 cm³/mol. The fraction of sp³-hybridized carbons (Fsp3) is 0.364. The molecule has 0 bridgehead atoms. The van der Waals surface area contributed by atoms with Crippen LogP contribution in [-0.2, 0) is 11.3 Å².